The van der Waals surface area contributed by atoms with Gasteiger partial charge in [0.25, 0.3) is 0 Å². The summed E-state index contributed by atoms with van der Waals surface area (Å²) < 4.78 is 0. The molecule has 0 bridgehead atoms. The molecular weight excluding hydrogens is 284 g/mol. The summed E-state index contributed by atoms with van der Waals surface area (Å²) in [6, 6.07) is 9.08. The van der Waals surface area contributed by atoms with Gasteiger partial charge in [0.05, 0.1) is 12.6 Å². The van der Waals surface area contributed by atoms with Crippen molar-refractivity contribution in [1.29, 1.82) is 0 Å². The number of hydrogen-bond acceptors (Lipinski definition) is 5. The Balaban J connectivity index is 1.99. The average molecular weight is 300 g/mol. The summed E-state index contributed by atoms with van der Waals surface area (Å²) in [5, 5.41) is 32.1. The molecule has 4 N–H and O–H groups in total. The maximum atomic E-state index is 11.7. The van der Waals surface area contributed by atoms with Crippen molar-refractivity contribution in [2.45, 2.75) is 13.3 Å². The van der Waals surface area contributed by atoms with Crippen LogP contribution in [0.4, 0.5) is 0 Å². The lowest BCUT2D eigenvalue weighted by atomic mass is 10.1. The number of nitrogens with zero attached hydrogens (tertiary/aromatic N) is 1. The van der Waals surface area contributed by atoms with Crippen LogP contribution in [0.15, 0.2) is 41.5 Å². The third-order valence-corrected chi connectivity index (χ3v) is 3.01. The average Bonchev–Trinajstić information content (AvgIpc) is 2.41. The molecule has 114 valence electrons. The number of hydrogen-bond donors (Lipinski definition) is 4. The van der Waals surface area contributed by atoms with Crippen LogP contribution in [0.1, 0.15) is 16.7 Å². The predicted molar refractivity (Wildman–Crippen MR) is 82.1 cm³/mol. The van der Waals surface area contributed by atoms with Gasteiger partial charge in [0.2, 0.25) is 5.91 Å². The number of aryl methyl sites for hydroxylation is 1. The summed E-state index contributed by atoms with van der Waals surface area (Å²) in [5.41, 5.74) is 4.05. The number of aromatic hydroxyl groups is 3. The van der Waals surface area contributed by atoms with Crippen molar-refractivity contribution in [3.05, 3.63) is 53.1 Å². The Morgan fingerprint density at radius 2 is 1.95 bits per heavy atom. The number of phenolic OH excluding ortho intramolecular Hbond substituents is 3. The quantitative estimate of drug-likeness (QED) is 0.511. The third-order valence-electron chi connectivity index (χ3n) is 3.01. The third kappa shape index (κ3) is 3.99. The minimum atomic E-state index is -0.349. The Morgan fingerprint density at radius 1 is 1.18 bits per heavy atom. The minimum Gasteiger partial charge on any atom is -0.508 e. The summed E-state index contributed by atoms with van der Waals surface area (Å²) in [7, 11) is 0. The highest BCUT2D eigenvalue weighted by Crippen LogP contribution is 2.24. The molecule has 0 saturated heterocycles. The van der Waals surface area contributed by atoms with Crippen molar-refractivity contribution in [2.75, 3.05) is 0 Å². The maximum absolute atomic E-state index is 11.7. The standard InChI is InChI=1S/C16H16N2O4/c1-10-5-13(20)8-15(21)14(10)9-17-18-16(22)7-11-3-2-4-12(19)6-11/h2-6,8-9,19-21H,7H2,1H3,(H,18,22)/b17-9+. The Hall–Kier alpha value is -3.02. The summed E-state index contributed by atoms with van der Waals surface area (Å²) in [6.45, 7) is 1.70. The Bertz CT molecular complexity index is 703. The second-order valence-electron chi connectivity index (χ2n) is 4.84. The van der Waals surface area contributed by atoms with E-state index in [2.05, 4.69) is 10.5 Å². The van der Waals surface area contributed by atoms with Crippen LogP contribution < -0.4 is 5.43 Å². The van der Waals surface area contributed by atoms with Crippen LogP contribution in [-0.4, -0.2) is 27.4 Å². The number of carbonyl (C=O) groups excluding carboxylic acids is 1. The number of hydrazone groups is 1. The predicted octanol–water partition coefficient (Wildman–Crippen LogP) is 1.80. The molecule has 2 aromatic rings. The van der Waals surface area contributed by atoms with Crippen LogP contribution in [0.5, 0.6) is 17.2 Å². The molecule has 0 aromatic heterocycles. The number of rotatable bonds is 4. The van der Waals surface area contributed by atoms with E-state index in [1.165, 1.54) is 30.5 Å². The molecule has 0 fully saturated rings. The first-order chi connectivity index (χ1) is 10.5. The first-order valence-corrected chi connectivity index (χ1v) is 6.58. The van der Waals surface area contributed by atoms with Gasteiger partial charge in [0.1, 0.15) is 17.2 Å². The van der Waals surface area contributed by atoms with E-state index >= 15 is 0 Å². The van der Waals surface area contributed by atoms with Crippen LogP contribution in [0.2, 0.25) is 0 Å². The van der Waals surface area contributed by atoms with Gasteiger partial charge in [-0.2, -0.15) is 5.10 Å². The van der Waals surface area contributed by atoms with E-state index in [1.54, 1.807) is 19.1 Å². The normalized spacial score (nSPS) is 10.8. The topological polar surface area (TPSA) is 102 Å². The van der Waals surface area contributed by atoms with Crippen molar-refractivity contribution >= 4 is 12.1 Å². The van der Waals surface area contributed by atoms with Gasteiger partial charge >= 0.3 is 0 Å². The maximum Gasteiger partial charge on any atom is 0.244 e. The minimum absolute atomic E-state index is 0.0416. The Kier molecular flexibility index (Phi) is 4.63. The molecule has 0 aliphatic carbocycles. The van der Waals surface area contributed by atoms with Gasteiger partial charge in [-0.3, -0.25) is 4.79 Å². The van der Waals surface area contributed by atoms with Crippen molar-refractivity contribution < 1.29 is 20.1 Å². The zero-order chi connectivity index (χ0) is 16.1. The number of benzene rings is 2. The molecule has 22 heavy (non-hydrogen) atoms. The molecule has 2 aromatic carbocycles. The number of carbonyl (C=O) groups is 1. The summed E-state index contributed by atoms with van der Waals surface area (Å²) >= 11 is 0. The summed E-state index contributed by atoms with van der Waals surface area (Å²) in [4.78, 5) is 11.7. The largest absolute Gasteiger partial charge is 0.508 e. The van der Waals surface area contributed by atoms with Gasteiger partial charge < -0.3 is 15.3 Å². The van der Waals surface area contributed by atoms with Gasteiger partial charge in [-0.05, 0) is 36.2 Å². The zero-order valence-electron chi connectivity index (χ0n) is 11.9. The van der Waals surface area contributed by atoms with E-state index in [0.717, 1.165) is 0 Å². The van der Waals surface area contributed by atoms with Crippen LogP contribution in [0, 0.1) is 6.92 Å². The second-order valence-corrected chi connectivity index (χ2v) is 4.84. The molecule has 0 heterocycles. The summed E-state index contributed by atoms with van der Waals surface area (Å²) in [5.74, 6) is -0.417. The Morgan fingerprint density at radius 3 is 2.64 bits per heavy atom. The molecule has 0 unspecified atom stereocenters. The smallest absolute Gasteiger partial charge is 0.244 e. The molecule has 0 atom stereocenters. The van der Waals surface area contributed by atoms with E-state index in [0.29, 0.717) is 16.7 Å². The van der Waals surface area contributed by atoms with Crippen molar-refractivity contribution in [2.24, 2.45) is 5.10 Å². The molecule has 0 radical (unpaired) electrons. The van der Waals surface area contributed by atoms with Gasteiger partial charge in [-0.25, -0.2) is 5.43 Å². The van der Waals surface area contributed by atoms with Gasteiger partial charge in [0, 0.05) is 11.6 Å². The van der Waals surface area contributed by atoms with Gasteiger partial charge in [-0.1, -0.05) is 12.1 Å². The van der Waals surface area contributed by atoms with Gasteiger partial charge in [-0.15, -0.1) is 0 Å². The molecule has 0 spiro atoms. The molecule has 0 aliphatic rings. The van der Waals surface area contributed by atoms with Crippen molar-refractivity contribution in [1.82, 2.24) is 5.43 Å². The van der Waals surface area contributed by atoms with E-state index in [-0.39, 0.29) is 29.6 Å². The van der Waals surface area contributed by atoms with Crippen LogP contribution in [0.3, 0.4) is 0 Å². The molecule has 6 nitrogen and oxygen atoms in total. The fraction of sp³-hybridized carbons (Fsp3) is 0.125. The summed E-state index contributed by atoms with van der Waals surface area (Å²) in [6.07, 6.45) is 1.39. The van der Waals surface area contributed by atoms with E-state index in [9.17, 15) is 20.1 Å². The fourth-order valence-corrected chi connectivity index (χ4v) is 1.99. The highest BCUT2D eigenvalue weighted by atomic mass is 16.3. The Labute approximate surface area is 127 Å². The molecule has 6 heteroatoms. The van der Waals surface area contributed by atoms with Crippen LogP contribution in [-0.2, 0) is 11.2 Å². The first kappa shape index (κ1) is 15.4. The lowest BCUT2D eigenvalue weighted by Crippen LogP contribution is -2.19. The molecule has 0 aliphatic heterocycles. The fourth-order valence-electron chi connectivity index (χ4n) is 1.99. The SMILES string of the molecule is Cc1cc(O)cc(O)c1/C=N/NC(=O)Cc1cccc(O)c1. The monoisotopic (exact) mass is 300 g/mol. The van der Waals surface area contributed by atoms with Crippen molar-refractivity contribution in [3.63, 3.8) is 0 Å². The van der Waals surface area contributed by atoms with Crippen LogP contribution >= 0.6 is 0 Å². The van der Waals surface area contributed by atoms with Crippen LogP contribution in [0.25, 0.3) is 0 Å². The number of nitrogens with one attached hydrogen (secondary N) is 1. The highest BCUT2D eigenvalue weighted by Gasteiger charge is 2.06. The zero-order valence-corrected chi connectivity index (χ0v) is 11.9. The van der Waals surface area contributed by atoms with Gasteiger partial charge in [0.15, 0.2) is 0 Å². The highest BCUT2D eigenvalue weighted by molar-refractivity contribution is 5.87. The lowest BCUT2D eigenvalue weighted by molar-refractivity contribution is -0.120. The molecule has 2 rings (SSSR count). The second kappa shape index (κ2) is 6.62. The molecule has 1 amide bonds. The number of phenols is 3. The molecular formula is C16H16N2O4. The van der Waals surface area contributed by atoms with E-state index in [4.69, 9.17) is 0 Å². The van der Waals surface area contributed by atoms with E-state index in [1.807, 2.05) is 0 Å². The van der Waals surface area contributed by atoms with Crippen molar-refractivity contribution in [3.8, 4) is 17.2 Å². The number of amides is 1. The first-order valence-electron chi connectivity index (χ1n) is 6.58. The lowest BCUT2D eigenvalue weighted by Gasteiger charge is -2.05. The van der Waals surface area contributed by atoms with E-state index < -0.39 is 0 Å². The molecule has 0 saturated carbocycles.